The van der Waals surface area contributed by atoms with Crippen molar-refractivity contribution in [1.82, 2.24) is 0 Å². The van der Waals surface area contributed by atoms with E-state index in [1.54, 1.807) is 18.4 Å². The summed E-state index contributed by atoms with van der Waals surface area (Å²) in [6, 6.07) is 10.9. The molecule has 1 aliphatic rings. The molecule has 0 bridgehead atoms. The summed E-state index contributed by atoms with van der Waals surface area (Å²) in [6.07, 6.45) is 2.53. The maximum absolute atomic E-state index is 5.96. The number of benzene rings is 1. The van der Waals surface area contributed by atoms with Crippen LogP contribution in [0.5, 0.6) is 5.75 Å². The molecule has 1 heterocycles. The monoisotopic (exact) mass is 274 g/mol. The second kappa shape index (κ2) is 5.13. The number of ether oxygens (including phenoxy) is 1. The summed E-state index contributed by atoms with van der Waals surface area (Å²) in [4.78, 5) is 3.82. The van der Waals surface area contributed by atoms with E-state index in [0.717, 1.165) is 23.7 Å². The van der Waals surface area contributed by atoms with Gasteiger partial charge >= 0.3 is 0 Å². The molecule has 1 fully saturated rings. The van der Waals surface area contributed by atoms with Gasteiger partial charge in [-0.3, -0.25) is 0 Å². The number of hydrogen-bond acceptors (Lipinski definition) is 4. The second-order valence-electron chi connectivity index (χ2n) is 4.90. The molecule has 19 heavy (non-hydrogen) atoms. The smallest absolute Gasteiger partial charge is 0.122 e. The number of methoxy groups -OCH3 is 1. The van der Waals surface area contributed by atoms with E-state index in [9.17, 15) is 0 Å². The number of thiophene rings is 1. The SMILES string of the molecule is COc1cc(N)cc(N(Cc2cccs2)C2CC2)c1. The van der Waals surface area contributed by atoms with Crippen LogP contribution in [0.2, 0.25) is 0 Å². The lowest BCUT2D eigenvalue weighted by atomic mass is 10.2. The Kier molecular flexibility index (Phi) is 3.34. The predicted octanol–water partition coefficient (Wildman–Crippen LogP) is 3.51. The highest BCUT2D eigenvalue weighted by atomic mass is 32.1. The number of rotatable bonds is 5. The Morgan fingerprint density at radius 2 is 2.21 bits per heavy atom. The molecule has 2 aromatic rings. The minimum absolute atomic E-state index is 0.647. The normalized spacial score (nSPS) is 14.4. The first kappa shape index (κ1) is 12.4. The zero-order valence-corrected chi connectivity index (χ0v) is 11.8. The summed E-state index contributed by atoms with van der Waals surface area (Å²) in [5.74, 6) is 0.826. The molecule has 1 aliphatic carbocycles. The molecule has 0 amide bonds. The zero-order chi connectivity index (χ0) is 13.2. The summed E-state index contributed by atoms with van der Waals surface area (Å²) in [6.45, 7) is 0.953. The van der Waals surface area contributed by atoms with Crippen molar-refractivity contribution >= 4 is 22.7 Å². The van der Waals surface area contributed by atoms with Gasteiger partial charge in [0, 0.05) is 34.4 Å². The Morgan fingerprint density at radius 1 is 1.37 bits per heavy atom. The van der Waals surface area contributed by atoms with Crippen LogP contribution in [0.15, 0.2) is 35.7 Å². The van der Waals surface area contributed by atoms with Crippen LogP contribution < -0.4 is 15.4 Å². The van der Waals surface area contributed by atoms with E-state index in [4.69, 9.17) is 10.5 Å². The molecule has 0 atom stereocenters. The first-order chi connectivity index (χ1) is 9.26. The number of nitrogen functional groups attached to an aromatic ring is 1. The van der Waals surface area contributed by atoms with E-state index in [-0.39, 0.29) is 0 Å². The third kappa shape index (κ3) is 2.84. The van der Waals surface area contributed by atoms with Crippen LogP contribution in [-0.2, 0) is 6.54 Å². The first-order valence-electron chi connectivity index (χ1n) is 6.50. The number of anilines is 2. The van der Waals surface area contributed by atoms with E-state index in [0.29, 0.717) is 6.04 Å². The van der Waals surface area contributed by atoms with E-state index in [2.05, 4.69) is 28.5 Å². The maximum atomic E-state index is 5.96. The van der Waals surface area contributed by atoms with Crippen molar-refractivity contribution in [3.05, 3.63) is 40.6 Å². The number of nitrogens with two attached hydrogens (primary N) is 1. The molecule has 3 rings (SSSR count). The average molecular weight is 274 g/mol. The highest BCUT2D eigenvalue weighted by Gasteiger charge is 2.29. The zero-order valence-electron chi connectivity index (χ0n) is 11.0. The Labute approximate surface area is 117 Å². The molecular weight excluding hydrogens is 256 g/mol. The third-order valence-electron chi connectivity index (χ3n) is 3.37. The van der Waals surface area contributed by atoms with Gasteiger partial charge in [0.1, 0.15) is 5.75 Å². The molecular formula is C15H18N2OS. The van der Waals surface area contributed by atoms with Crippen molar-refractivity contribution in [3.63, 3.8) is 0 Å². The van der Waals surface area contributed by atoms with Gasteiger partial charge in [0.15, 0.2) is 0 Å². The lowest BCUT2D eigenvalue weighted by Gasteiger charge is -2.25. The molecule has 0 aliphatic heterocycles. The highest BCUT2D eigenvalue weighted by Crippen LogP contribution is 2.36. The molecule has 100 valence electrons. The van der Waals surface area contributed by atoms with Gasteiger partial charge in [0.05, 0.1) is 13.7 Å². The number of hydrogen-bond donors (Lipinski definition) is 1. The van der Waals surface area contributed by atoms with Crippen LogP contribution in [0.3, 0.4) is 0 Å². The third-order valence-corrected chi connectivity index (χ3v) is 4.24. The molecule has 4 heteroatoms. The topological polar surface area (TPSA) is 38.5 Å². The summed E-state index contributed by atoms with van der Waals surface area (Å²) >= 11 is 1.80. The van der Waals surface area contributed by atoms with Crippen molar-refractivity contribution in [2.45, 2.75) is 25.4 Å². The Bertz CT molecular complexity index is 549. The van der Waals surface area contributed by atoms with Crippen LogP contribution in [-0.4, -0.2) is 13.2 Å². The van der Waals surface area contributed by atoms with Crippen LogP contribution in [0.1, 0.15) is 17.7 Å². The molecule has 3 nitrogen and oxygen atoms in total. The molecule has 1 aromatic carbocycles. The van der Waals surface area contributed by atoms with Crippen LogP contribution in [0.25, 0.3) is 0 Å². The molecule has 2 N–H and O–H groups in total. The lowest BCUT2D eigenvalue weighted by molar-refractivity contribution is 0.415. The molecule has 0 spiro atoms. The Hall–Kier alpha value is -1.68. The first-order valence-corrected chi connectivity index (χ1v) is 7.38. The van der Waals surface area contributed by atoms with Crippen LogP contribution in [0.4, 0.5) is 11.4 Å². The minimum atomic E-state index is 0.647. The van der Waals surface area contributed by atoms with Crippen molar-refractivity contribution in [3.8, 4) is 5.75 Å². The summed E-state index contributed by atoms with van der Waals surface area (Å²) in [7, 11) is 1.68. The van der Waals surface area contributed by atoms with Gasteiger partial charge in [0.2, 0.25) is 0 Å². The molecule has 0 radical (unpaired) electrons. The lowest BCUT2D eigenvalue weighted by Crippen LogP contribution is -2.24. The van der Waals surface area contributed by atoms with Crippen molar-refractivity contribution < 1.29 is 4.74 Å². The molecule has 1 aromatic heterocycles. The Balaban J connectivity index is 1.89. The van der Waals surface area contributed by atoms with Gasteiger partial charge in [0.25, 0.3) is 0 Å². The largest absolute Gasteiger partial charge is 0.497 e. The number of nitrogens with zero attached hydrogens (tertiary/aromatic N) is 1. The standard InChI is InChI=1S/C15H18N2OS/c1-18-14-8-11(16)7-13(9-14)17(12-4-5-12)10-15-3-2-6-19-15/h2-3,6-9,12H,4-5,10,16H2,1H3. The molecule has 0 saturated heterocycles. The highest BCUT2D eigenvalue weighted by molar-refractivity contribution is 7.09. The quantitative estimate of drug-likeness (QED) is 0.848. The fourth-order valence-corrected chi connectivity index (χ4v) is 2.98. The van der Waals surface area contributed by atoms with Gasteiger partial charge in [-0.2, -0.15) is 0 Å². The summed E-state index contributed by atoms with van der Waals surface area (Å²) in [5.41, 5.74) is 7.88. The van der Waals surface area contributed by atoms with Gasteiger partial charge in [-0.25, -0.2) is 0 Å². The van der Waals surface area contributed by atoms with Crippen molar-refractivity contribution in [1.29, 1.82) is 0 Å². The van der Waals surface area contributed by atoms with Crippen LogP contribution in [0, 0.1) is 0 Å². The predicted molar refractivity (Wildman–Crippen MR) is 80.9 cm³/mol. The molecule has 1 saturated carbocycles. The van der Waals surface area contributed by atoms with Crippen LogP contribution >= 0.6 is 11.3 Å². The summed E-state index contributed by atoms with van der Waals surface area (Å²) in [5, 5.41) is 2.13. The van der Waals surface area contributed by atoms with E-state index < -0.39 is 0 Å². The second-order valence-corrected chi connectivity index (χ2v) is 5.94. The van der Waals surface area contributed by atoms with E-state index in [1.165, 1.54) is 17.7 Å². The van der Waals surface area contributed by atoms with Gasteiger partial charge < -0.3 is 15.4 Å². The van der Waals surface area contributed by atoms with E-state index >= 15 is 0 Å². The summed E-state index contributed by atoms with van der Waals surface area (Å²) < 4.78 is 5.32. The van der Waals surface area contributed by atoms with Crippen molar-refractivity contribution in [2.75, 3.05) is 17.7 Å². The van der Waals surface area contributed by atoms with E-state index in [1.807, 2.05) is 12.1 Å². The van der Waals surface area contributed by atoms with Gasteiger partial charge in [-0.05, 0) is 30.4 Å². The Morgan fingerprint density at radius 3 is 2.84 bits per heavy atom. The fraction of sp³-hybridized carbons (Fsp3) is 0.333. The van der Waals surface area contributed by atoms with Gasteiger partial charge in [-0.1, -0.05) is 6.07 Å². The van der Waals surface area contributed by atoms with Gasteiger partial charge in [-0.15, -0.1) is 11.3 Å². The average Bonchev–Trinajstić information content (AvgIpc) is 3.12. The molecule has 0 unspecified atom stereocenters. The fourth-order valence-electron chi connectivity index (χ4n) is 2.28. The van der Waals surface area contributed by atoms with Crippen molar-refractivity contribution in [2.24, 2.45) is 0 Å². The maximum Gasteiger partial charge on any atom is 0.122 e. The minimum Gasteiger partial charge on any atom is -0.497 e.